The van der Waals surface area contributed by atoms with Gasteiger partial charge in [-0.3, -0.25) is 4.79 Å². The van der Waals surface area contributed by atoms with E-state index in [-0.39, 0.29) is 5.92 Å². The molecule has 2 aromatic heterocycles. The standard InChI is InChI=1S/C23H20N4O3/c28-23(29)17-11-13-27(14-12-17)21-18-20(24-19(25-21)15-7-3-1-4-8-15)26-22(30-18)16-9-5-2-6-10-16/h1-10,17H,11-14H2,(H,28,29). The predicted molar refractivity (Wildman–Crippen MR) is 113 cm³/mol. The first kappa shape index (κ1) is 18.3. The van der Waals surface area contributed by atoms with Crippen molar-refractivity contribution in [2.75, 3.05) is 18.0 Å². The third-order valence-electron chi connectivity index (χ3n) is 5.43. The van der Waals surface area contributed by atoms with Crippen LogP contribution in [0.5, 0.6) is 0 Å². The number of hydrogen-bond donors (Lipinski definition) is 1. The molecule has 0 spiro atoms. The summed E-state index contributed by atoms with van der Waals surface area (Å²) in [6.07, 6.45) is 1.14. The largest absolute Gasteiger partial charge is 0.481 e. The van der Waals surface area contributed by atoms with Gasteiger partial charge in [0.05, 0.1) is 5.92 Å². The number of aliphatic carboxylic acids is 1. The monoisotopic (exact) mass is 400 g/mol. The van der Waals surface area contributed by atoms with Gasteiger partial charge in [0.15, 0.2) is 11.6 Å². The van der Waals surface area contributed by atoms with Crippen LogP contribution in [0.15, 0.2) is 65.1 Å². The highest BCUT2D eigenvalue weighted by Gasteiger charge is 2.28. The van der Waals surface area contributed by atoms with Crippen molar-refractivity contribution in [1.82, 2.24) is 15.0 Å². The first-order valence-electron chi connectivity index (χ1n) is 9.96. The Hall–Kier alpha value is -3.74. The molecule has 1 aliphatic rings. The van der Waals surface area contributed by atoms with Crippen molar-refractivity contribution in [3.8, 4) is 22.8 Å². The summed E-state index contributed by atoms with van der Waals surface area (Å²) < 4.78 is 6.11. The van der Waals surface area contributed by atoms with Crippen LogP contribution in [0, 0.1) is 5.92 Å². The summed E-state index contributed by atoms with van der Waals surface area (Å²) in [7, 11) is 0. The molecule has 7 nitrogen and oxygen atoms in total. The van der Waals surface area contributed by atoms with Crippen molar-refractivity contribution in [2.24, 2.45) is 5.92 Å². The molecule has 5 rings (SSSR count). The van der Waals surface area contributed by atoms with Crippen LogP contribution in [-0.4, -0.2) is 39.1 Å². The predicted octanol–water partition coefficient (Wildman–Crippen LogP) is 4.25. The number of piperidine rings is 1. The number of carboxylic acids is 1. The minimum Gasteiger partial charge on any atom is -0.481 e. The number of oxazole rings is 1. The molecular weight excluding hydrogens is 380 g/mol. The lowest BCUT2D eigenvalue weighted by Crippen LogP contribution is -2.37. The Kier molecular flexibility index (Phi) is 4.63. The molecule has 2 aromatic carbocycles. The quantitative estimate of drug-likeness (QED) is 0.547. The van der Waals surface area contributed by atoms with Gasteiger partial charge >= 0.3 is 5.97 Å². The average Bonchev–Trinajstić information content (AvgIpc) is 3.24. The van der Waals surface area contributed by atoms with Crippen molar-refractivity contribution in [3.63, 3.8) is 0 Å². The Morgan fingerprint density at radius 3 is 2.17 bits per heavy atom. The molecule has 0 bridgehead atoms. The van der Waals surface area contributed by atoms with Crippen LogP contribution in [0.3, 0.4) is 0 Å². The summed E-state index contributed by atoms with van der Waals surface area (Å²) in [5.74, 6) is 0.677. The molecule has 0 aliphatic carbocycles. The van der Waals surface area contributed by atoms with Gasteiger partial charge in [-0.1, -0.05) is 48.5 Å². The molecule has 0 atom stereocenters. The number of benzene rings is 2. The summed E-state index contributed by atoms with van der Waals surface area (Å²) >= 11 is 0. The van der Waals surface area contributed by atoms with Gasteiger partial charge in [-0.05, 0) is 25.0 Å². The van der Waals surface area contributed by atoms with E-state index in [0.29, 0.717) is 54.7 Å². The number of fused-ring (bicyclic) bond motifs is 1. The van der Waals surface area contributed by atoms with Crippen LogP contribution in [-0.2, 0) is 4.79 Å². The summed E-state index contributed by atoms with van der Waals surface area (Å²) in [5, 5.41) is 9.32. The van der Waals surface area contributed by atoms with Gasteiger partial charge in [0.2, 0.25) is 17.1 Å². The molecule has 0 amide bonds. The highest BCUT2D eigenvalue weighted by Crippen LogP contribution is 2.33. The SMILES string of the molecule is O=C(O)C1CCN(c2nc(-c3ccccc3)nc3nc(-c4ccccc4)oc23)CC1. The summed E-state index contributed by atoms with van der Waals surface area (Å²) in [5.41, 5.74) is 2.79. The molecule has 1 N–H and O–H groups in total. The Morgan fingerprint density at radius 2 is 1.53 bits per heavy atom. The number of rotatable bonds is 4. The molecule has 7 heteroatoms. The molecule has 4 aromatic rings. The number of anilines is 1. The van der Waals surface area contributed by atoms with E-state index in [9.17, 15) is 9.90 Å². The smallest absolute Gasteiger partial charge is 0.306 e. The van der Waals surface area contributed by atoms with E-state index < -0.39 is 5.97 Å². The first-order chi connectivity index (χ1) is 14.7. The Morgan fingerprint density at radius 1 is 0.900 bits per heavy atom. The maximum atomic E-state index is 11.3. The fourth-order valence-electron chi connectivity index (χ4n) is 3.78. The molecule has 150 valence electrons. The van der Waals surface area contributed by atoms with E-state index in [2.05, 4.69) is 14.9 Å². The fourth-order valence-corrected chi connectivity index (χ4v) is 3.78. The van der Waals surface area contributed by atoms with Gasteiger partial charge in [-0.15, -0.1) is 0 Å². The summed E-state index contributed by atoms with van der Waals surface area (Å²) in [6, 6.07) is 19.4. The molecule has 0 radical (unpaired) electrons. The van der Waals surface area contributed by atoms with E-state index in [1.807, 2.05) is 60.7 Å². The van der Waals surface area contributed by atoms with E-state index in [1.54, 1.807) is 0 Å². The van der Waals surface area contributed by atoms with Gasteiger partial charge in [0.1, 0.15) is 0 Å². The molecule has 3 heterocycles. The molecule has 0 unspecified atom stereocenters. The van der Waals surface area contributed by atoms with Crippen LogP contribution in [0.4, 0.5) is 5.82 Å². The molecule has 30 heavy (non-hydrogen) atoms. The number of aromatic nitrogens is 3. The van der Waals surface area contributed by atoms with Crippen LogP contribution in [0.25, 0.3) is 34.1 Å². The second-order valence-corrected chi connectivity index (χ2v) is 7.37. The van der Waals surface area contributed by atoms with Crippen molar-refractivity contribution in [1.29, 1.82) is 0 Å². The number of carbonyl (C=O) groups is 1. The minimum atomic E-state index is -0.738. The minimum absolute atomic E-state index is 0.318. The highest BCUT2D eigenvalue weighted by molar-refractivity contribution is 5.85. The number of nitrogens with zero attached hydrogens (tertiary/aromatic N) is 4. The molecule has 1 aliphatic heterocycles. The Labute approximate surface area is 173 Å². The lowest BCUT2D eigenvalue weighted by atomic mass is 9.97. The third kappa shape index (κ3) is 3.39. The van der Waals surface area contributed by atoms with E-state index in [4.69, 9.17) is 9.40 Å². The zero-order valence-corrected chi connectivity index (χ0v) is 16.2. The second-order valence-electron chi connectivity index (χ2n) is 7.37. The molecule has 0 saturated carbocycles. The van der Waals surface area contributed by atoms with Gasteiger partial charge in [-0.25, -0.2) is 9.97 Å². The average molecular weight is 400 g/mol. The maximum Gasteiger partial charge on any atom is 0.306 e. The lowest BCUT2D eigenvalue weighted by molar-refractivity contribution is -0.142. The Bertz CT molecular complexity index is 1180. The fraction of sp³-hybridized carbons (Fsp3) is 0.217. The van der Waals surface area contributed by atoms with E-state index >= 15 is 0 Å². The molecule has 1 saturated heterocycles. The third-order valence-corrected chi connectivity index (χ3v) is 5.43. The van der Waals surface area contributed by atoms with Crippen LogP contribution >= 0.6 is 0 Å². The molecular formula is C23H20N4O3. The normalized spacial score (nSPS) is 14.9. The second kappa shape index (κ2) is 7.59. The van der Waals surface area contributed by atoms with Gasteiger partial charge in [0, 0.05) is 24.2 Å². The van der Waals surface area contributed by atoms with Crippen molar-refractivity contribution >= 4 is 23.0 Å². The lowest BCUT2D eigenvalue weighted by Gasteiger charge is -2.30. The van der Waals surface area contributed by atoms with E-state index in [0.717, 1.165) is 11.1 Å². The zero-order chi connectivity index (χ0) is 20.5. The van der Waals surface area contributed by atoms with E-state index in [1.165, 1.54) is 0 Å². The van der Waals surface area contributed by atoms with Gasteiger partial charge in [0.25, 0.3) is 0 Å². The Balaban J connectivity index is 1.61. The van der Waals surface area contributed by atoms with Crippen LogP contribution in [0.1, 0.15) is 12.8 Å². The first-order valence-corrected chi connectivity index (χ1v) is 9.96. The van der Waals surface area contributed by atoms with Crippen molar-refractivity contribution in [3.05, 3.63) is 60.7 Å². The van der Waals surface area contributed by atoms with Crippen molar-refractivity contribution < 1.29 is 14.3 Å². The summed E-state index contributed by atoms with van der Waals surface area (Å²) in [4.78, 5) is 27.5. The van der Waals surface area contributed by atoms with Gasteiger partial charge in [-0.2, -0.15) is 4.98 Å². The van der Waals surface area contributed by atoms with Crippen LogP contribution in [0.2, 0.25) is 0 Å². The number of carboxylic acid groups (broad SMARTS) is 1. The topological polar surface area (TPSA) is 92.3 Å². The highest BCUT2D eigenvalue weighted by atomic mass is 16.4. The zero-order valence-electron chi connectivity index (χ0n) is 16.2. The summed E-state index contributed by atoms with van der Waals surface area (Å²) in [6.45, 7) is 1.19. The van der Waals surface area contributed by atoms with Crippen LogP contribution < -0.4 is 4.90 Å². The molecule has 1 fully saturated rings. The van der Waals surface area contributed by atoms with Gasteiger partial charge < -0.3 is 14.4 Å². The van der Waals surface area contributed by atoms with Crippen molar-refractivity contribution in [2.45, 2.75) is 12.8 Å². The number of hydrogen-bond acceptors (Lipinski definition) is 6. The maximum absolute atomic E-state index is 11.3.